The van der Waals surface area contributed by atoms with Crippen LogP contribution in [0, 0.1) is 0 Å². The molecule has 1 N–H and O–H groups in total. The van der Waals surface area contributed by atoms with Crippen LogP contribution in [-0.4, -0.2) is 20.9 Å². The van der Waals surface area contributed by atoms with Crippen LogP contribution in [0.5, 0.6) is 0 Å². The van der Waals surface area contributed by atoms with Gasteiger partial charge in [-0.15, -0.1) is 0 Å². The highest BCUT2D eigenvalue weighted by Crippen LogP contribution is 2.28. The summed E-state index contributed by atoms with van der Waals surface area (Å²) in [7, 11) is -3.63. The van der Waals surface area contributed by atoms with E-state index in [2.05, 4.69) is 5.32 Å². The molecule has 0 saturated heterocycles. The minimum atomic E-state index is -3.63. The van der Waals surface area contributed by atoms with E-state index in [1.165, 1.54) is 25.3 Å². The summed E-state index contributed by atoms with van der Waals surface area (Å²) < 4.78 is 30.5. The van der Waals surface area contributed by atoms with E-state index in [-0.39, 0.29) is 17.3 Å². The van der Waals surface area contributed by atoms with Gasteiger partial charge in [0.2, 0.25) is 5.91 Å². The monoisotopic (exact) mass is 293 g/mol. The Kier molecular flexibility index (Phi) is 4.24. The molecule has 0 aliphatic heterocycles. The normalized spacial score (nSPS) is 12.8. The first-order chi connectivity index (χ1) is 9.51. The van der Waals surface area contributed by atoms with Crippen molar-refractivity contribution >= 4 is 15.7 Å². The zero-order chi connectivity index (χ0) is 14.6. The highest BCUT2D eigenvalue weighted by molar-refractivity contribution is 7.91. The molecule has 0 unspecified atom stereocenters. The summed E-state index contributed by atoms with van der Waals surface area (Å²) in [5.74, 6) is 0.0208. The lowest BCUT2D eigenvalue weighted by molar-refractivity contribution is -0.118. The van der Waals surface area contributed by atoms with Gasteiger partial charge in [0.15, 0.2) is 9.84 Å². The van der Waals surface area contributed by atoms with Crippen LogP contribution in [0.3, 0.4) is 0 Å². The molecule has 1 atom stereocenters. The molecule has 106 valence electrons. The quantitative estimate of drug-likeness (QED) is 0.914. The maximum Gasteiger partial charge on any atom is 0.216 e. The average molecular weight is 293 g/mol. The number of amides is 1. The van der Waals surface area contributed by atoms with Gasteiger partial charge in [-0.25, -0.2) is 8.42 Å². The summed E-state index contributed by atoms with van der Waals surface area (Å²) in [5, 5.41) is 1.59. The Morgan fingerprint density at radius 2 is 1.90 bits per heavy atom. The van der Waals surface area contributed by atoms with Gasteiger partial charge in [-0.3, -0.25) is 4.79 Å². The second kappa shape index (κ2) is 5.92. The molecule has 0 spiro atoms. The number of hydrogen-bond donors (Lipinski definition) is 1. The van der Waals surface area contributed by atoms with Crippen molar-refractivity contribution in [3.05, 3.63) is 54.5 Å². The first-order valence-electron chi connectivity index (χ1n) is 6.08. The van der Waals surface area contributed by atoms with Crippen molar-refractivity contribution in [1.82, 2.24) is 5.32 Å². The molecule has 5 nitrogen and oxygen atoms in total. The summed E-state index contributed by atoms with van der Waals surface area (Å²) in [5.41, 5.74) is 0. The van der Waals surface area contributed by atoms with Gasteiger partial charge in [0.1, 0.15) is 11.0 Å². The van der Waals surface area contributed by atoms with E-state index < -0.39 is 15.1 Å². The number of nitrogens with one attached hydrogen (secondary N) is 1. The van der Waals surface area contributed by atoms with Crippen LogP contribution in [0.2, 0.25) is 0 Å². The second-order valence-electron chi connectivity index (χ2n) is 4.30. The Labute approximate surface area is 117 Å². The summed E-state index contributed by atoms with van der Waals surface area (Å²) in [6.07, 6.45) is 1.41. The molecule has 1 amide bonds. The predicted molar refractivity (Wildman–Crippen MR) is 73.8 cm³/mol. The third-order valence-electron chi connectivity index (χ3n) is 2.84. The number of carbonyl (C=O) groups is 1. The number of hydrogen-bond acceptors (Lipinski definition) is 4. The predicted octanol–water partition coefficient (Wildman–Crippen LogP) is 1.93. The maximum absolute atomic E-state index is 12.6. The van der Waals surface area contributed by atoms with Crippen LogP contribution in [0.15, 0.2) is 58.0 Å². The fourth-order valence-corrected chi connectivity index (χ4v) is 3.46. The molecule has 0 aliphatic carbocycles. The topological polar surface area (TPSA) is 76.4 Å². The molecule has 20 heavy (non-hydrogen) atoms. The Morgan fingerprint density at radius 3 is 2.45 bits per heavy atom. The molecule has 0 aliphatic rings. The third kappa shape index (κ3) is 3.08. The van der Waals surface area contributed by atoms with Gasteiger partial charge in [-0.1, -0.05) is 18.2 Å². The minimum Gasteiger partial charge on any atom is -0.468 e. The van der Waals surface area contributed by atoms with Crippen LogP contribution < -0.4 is 5.32 Å². The van der Waals surface area contributed by atoms with Crippen LogP contribution >= 0.6 is 0 Å². The summed E-state index contributed by atoms with van der Waals surface area (Å²) in [6.45, 7) is 1.31. The van der Waals surface area contributed by atoms with E-state index in [4.69, 9.17) is 4.42 Å². The molecule has 2 rings (SSSR count). The fourth-order valence-electron chi connectivity index (χ4n) is 1.85. The highest BCUT2D eigenvalue weighted by Gasteiger charge is 2.31. The van der Waals surface area contributed by atoms with Crippen LogP contribution in [0.1, 0.15) is 17.9 Å². The van der Waals surface area contributed by atoms with Gasteiger partial charge >= 0.3 is 0 Å². The van der Waals surface area contributed by atoms with Crippen molar-refractivity contribution in [2.24, 2.45) is 0 Å². The van der Waals surface area contributed by atoms with Crippen molar-refractivity contribution < 1.29 is 17.6 Å². The van der Waals surface area contributed by atoms with Crippen LogP contribution in [0.4, 0.5) is 0 Å². The first-order valence-corrected chi connectivity index (χ1v) is 7.63. The van der Waals surface area contributed by atoms with Gasteiger partial charge in [-0.05, 0) is 24.3 Å². The number of carbonyl (C=O) groups excluding carboxylic acids is 1. The van der Waals surface area contributed by atoms with Crippen molar-refractivity contribution in [1.29, 1.82) is 0 Å². The highest BCUT2D eigenvalue weighted by atomic mass is 32.2. The molecular weight excluding hydrogens is 278 g/mol. The Hall–Kier alpha value is -2.08. The fraction of sp³-hybridized carbons (Fsp3) is 0.214. The summed E-state index contributed by atoms with van der Waals surface area (Å²) in [6, 6.07) is 11.3. The molecule has 1 aromatic carbocycles. The number of furan rings is 1. The molecule has 2 aromatic rings. The van der Waals surface area contributed by atoms with Gasteiger partial charge in [-0.2, -0.15) is 0 Å². The van der Waals surface area contributed by atoms with Gasteiger partial charge in [0.05, 0.1) is 11.2 Å². The SMILES string of the molecule is CC(=O)NC[C@@H](c1ccco1)S(=O)(=O)c1ccccc1. The van der Waals surface area contributed by atoms with Crippen molar-refractivity contribution in [3.63, 3.8) is 0 Å². The zero-order valence-corrected chi connectivity index (χ0v) is 11.8. The average Bonchev–Trinajstić information content (AvgIpc) is 2.93. The molecule has 1 aromatic heterocycles. The largest absolute Gasteiger partial charge is 0.468 e. The zero-order valence-electron chi connectivity index (χ0n) is 10.9. The van der Waals surface area contributed by atoms with E-state index in [9.17, 15) is 13.2 Å². The van der Waals surface area contributed by atoms with Gasteiger partial charge in [0.25, 0.3) is 0 Å². The lowest BCUT2D eigenvalue weighted by Crippen LogP contribution is -2.30. The Morgan fingerprint density at radius 1 is 1.20 bits per heavy atom. The van der Waals surface area contributed by atoms with Gasteiger partial charge in [0, 0.05) is 13.5 Å². The standard InChI is InChI=1S/C14H15NO4S/c1-11(16)15-10-14(13-8-5-9-19-13)20(17,18)12-6-3-2-4-7-12/h2-9,14H,10H2,1H3,(H,15,16)/t14-/m0/s1. The smallest absolute Gasteiger partial charge is 0.216 e. The molecule has 0 fully saturated rings. The van der Waals surface area contributed by atoms with E-state index in [0.29, 0.717) is 5.76 Å². The summed E-state index contributed by atoms with van der Waals surface area (Å²) in [4.78, 5) is 11.2. The third-order valence-corrected chi connectivity index (χ3v) is 4.92. The van der Waals surface area contributed by atoms with Crippen molar-refractivity contribution in [3.8, 4) is 0 Å². The maximum atomic E-state index is 12.6. The van der Waals surface area contributed by atoms with Crippen molar-refractivity contribution in [2.75, 3.05) is 6.54 Å². The molecule has 0 radical (unpaired) electrons. The molecule has 1 heterocycles. The van der Waals surface area contributed by atoms with Crippen LogP contribution in [-0.2, 0) is 14.6 Å². The Balaban J connectivity index is 2.38. The number of sulfone groups is 1. The minimum absolute atomic E-state index is 0.0277. The Bertz CT molecular complexity index is 662. The van der Waals surface area contributed by atoms with E-state index in [0.717, 1.165) is 0 Å². The summed E-state index contributed by atoms with van der Waals surface area (Å²) >= 11 is 0. The van der Waals surface area contributed by atoms with Crippen LogP contribution in [0.25, 0.3) is 0 Å². The second-order valence-corrected chi connectivity index (χ2v) is 6.43. The van der Waals surface area contributed by atoms with Crippen molar-refractivity contribution in [2.45, 2.75) is 17.1 Å². The lowest BCUT2D eigenvalue weighted by Gasteiger charge is -2.16. The van der Waals surface area contributed by atoms with E-state index in [1.54, 1.807) is 30.3 Å². The van der Waals surface area contributed by atoms with E-state index in [1.807, 2.05) is 0 Å². The number of benzene rings is 1. The molecule has 0 saturated carbocycles. The molecule has 0 bridgehead atoms. The first kappa shape index (κ1) is 14.3. The van der Waals surface area contributed by atoms with Gasteiger partial charge < -0.3 is 9.73 Å². The molecular formula is C14H15NO4S. The number of rotatable bonds is 5. The lowest BCUT2D eigenvalue weighted by atomic mass is 10.3. The van der Waals surface area contributed by atoms with E-state index >= 15 is 0 Å². The molecule has 6 heteroatoms.